The highest BCUT2D eigenvalue weighted by molar-refractivity contribution is 5.54. The van der Waals surface area contributed by atoms with Gasteiger partial charge < -0.3 is 9.73 Å². The number of hydrogen-bond donors (Lipinski definition) is 2. The fraction of sp³-hybridized carbons (Fsp3) is 0.143. The Morgan fingerprint density at radius 3 is 3.05 bits per heavy atom. The number of nitrogens with one attached hydrogen (secondary N) is 2. The number of oxazole rings is 1. The van der Waals surface area contributed by atoms with Gasteiger partial charge in [-0.2, -0.15) is 5.10 Å². The number of hydrogen-bond acceptors (Lipinski definition) is 4. The number of aromatic nitrogens is 3. The molecular formula is C14H14N4O. The van der Waals surface area contributed by atoms with Crippen molar-refractivity contribution in [1.29, 1.82) is 0 Å². The fourth-order valence-corrected chi connectivity index (χ4v) is 1.84. The number of aryl methyl sites for hydroxylation is 1. The molecule has 0 spiro atoms. The van der Waals surface area contributed by atoms with Crippen molar-refractivity contribution in [3.8, 4) is 11.5 Å². The Kier molecular flexibility index (Phi) is 3.02. The van der Waals surface area contributed by atoms with E-state index in [0.717, 1.165) is 17.1 Å². The number of nitrogens with zero attached hydrogens (tertiary/aromatic N) is 2. The minimum absolute atomic E-state index is 0.595. The van der Waals surface area contributed by atoms with Gasteiger partial charge >= 0.3 is 0 Å². The van der Waals surface area contributed by atoms with E-state index < -0.39 is 0 Å². The van der Waals surface area contributed by atoms with Gasteiger partial charge in [-0.25, -0.2) is 4.98 Å². The van der Waals surface area contributed by atoms with Gasteiger partial charge in [-0.15, -0.1) is 0 Å². The molecule has 0 saturated carbocycles. The van der Waals surface area contributed by atoms with Gasteiger partial charge in [0.1, 0.15) is 12.1 Å². The normalized spacial score (nSPS) is 10.6. The third-order valence-electron chi connectivity index (χ3n) is 2.78. The Morgan fingerprint density at radius 1 is 1.32 bits per heavy atom. The lowest BCUT2D eigenvalue weighted by molar-refractivity contribution is 0.573. The molecule has 3 aromatic rings. The molecule has 0 unspecified atom stereocenters. The molecule has 0 aliphatic heterocycles. The quantitative estimate of drug-likeness (QED) is 0.751. The van der Waals surface area contributed by atoms with Crippen LogP contribution in [0.4, 0.5) is 5.82 Å². The second-order valence-corrected chi connectivity index (χ2v) is 4.34. The summed E-state index contributed by atoms with van der Waals surface area (Å²) in [6.45, 7) is 2.64. The van der Waals surface area contributed by atoms with Crippen LogP contribution in [0.25, 0.3) is 11.5 Å². The standard InChI is InChI=1S/C14H14N4O/c1-10-3-2-4-11(7-10)14-17-12(9-19-14)8-15-13-5-6-16-18-13/h2-7,9H,8H2,1H3,(H2,15,16,18). The number of anilines is 1. The van der Waals surface area contributed by atoms with E-state index in [2.05, 4.69) is 26.6 Å². The first kappa shape index (κ1) is 11.5. The lowest BCUT2D eigenvalue weighted by Crippen LogP contribution is -1.99. The van der Waals surface area contributed by atoms with Gasteiger partial charge in [0, 0.05) is 5.56 Å². The van der Waals surface area contributed by atoms with Crippen LogP contribution >= 0.6 is 0 Å². The topological polar surface area (TPSA) is 66.7 Å². The molecular weight excluding hydrogens is 240 g/mol. The molecule has 0 atom stereocenters. The Labute approximate surface area is 110 Å². The van der Waals surface area contributed by atoms with Crippen LogP contribution in [0.1, 0.15) is 11.3 Å². The highest BCUT2D eigenvalue weighted by atomic mass is 16.3. The summed E-state index contributed by atoms with van der Waals surface area (Å²) in [5.41, 5.74) is 3.03. The lowest BCUT2D eigenvalue weighted by atomic mass is 10.1. The van der Waals surface area contributed by atoms with E-state index in [9.17, 15) is 0 Å². The summed E-state index contributed by atoms with van der Waals surface area (Å²) in [6.07, 6.45) is 3.37. The van der Waals surface area contributed by atoms with Crippen molar-refractivity contribution in [2.24, 2.45) is 0 Å². The van der Waals surface area contributed by atoms with E-state index in [1.165, 1.54) is 5.56 Å². The Balaban J connectivity index is 1.72. The van der Waals surface area contributed by atoms with Crippen molar-refractivity contribution in [2.45, 2.75) is 13.5 Å². The van der Waals surface area contributed by atoms with Crippen molar-refractivity contribution in [3.63, 3.8) is 0 Å². The molecule has 0 aliphatic rings. The highest BCUT2D eigenvalue weighted by Gasteiger charge is 2.06. The maximum atomic E-state index is 5.50. The van der Waals surface area contributed by atoms with Crippen LogP contribution in [0.2, 0.25) is 0 Å². The average molecular weight is 254 g/mol. The van der Waals surface area contributed by atoms with Gasteiger partial charge in [-0.1, -0.05) is 17.7 Å². The van der Waals surface area contributed by atoms with Crippen LogP contribution < -0.4 is 5.32 Å². The van der Waals surface area contributed by atoms with Crippen LogP contribution in [0.5, 0.6) is 0 Å². The molecule has 0 saturated heterocycles. The van der Waals surface area contributed by atoms with Crippen molar-refractivity contribution >= 4 is 5.82 Å². The molecule has 2 heterocycles. The summed E-state index contributed by atoms with van der Waals surface area (Å²) in [4.78, 5) is 4.46. The summed E-state index contributed by atoms with van der Waals surface area (Å²) in [6, 6.07) is 9.95. The highest BCUT2D eigenvalue weighted by Crippen LogP contribution is 2.19. The first-order valence-electron chi connectivity index (χ1n) is 6.06. The second-order valence-electron chi connectivity index (χ2n) is 4.34. The minimum Gasteiger partial charge on any atom is -0.444 e. The maximum absolute atomic E-state index is 5.50. The Morgan fingerprint density at radius 2 is 2.26 bits per heavy atom. The third kappa shape index (κ3) is 2.65. The maximum Gasteiger partial charge on any atom is 0.226 e. The second kappa shape index (κ2) is 4.97. The fourth-order valence-electron chi connectivity index (χ4n) is 1.84. The molecule has 5 heteroatoms. The van der Waals surface area contributed by atoms with Gasteiger partial charge in [-0.3, -0.25) is 5.10 Å². The van der Waals surface area contributed by atoms with E-state index >= 15 is 0 Å². The molecule has 0 radical (unpaired) electrons. The van der Waals surface area contributed by atoms with E-state index in [4.69, 9.17) is 4.42 Å². The molecule has 2 aromatic heterocycles. The number of H-pyrrole nitrogens is 1. The summed E-state index contributed by atoms with van der Waals surface area (Å²) in [5, 5.41) is 9.88. The Bertz CT molecular complexity index is 658. The molecule has 0 amide bonds. The van der Waals surface area contributed by atoms with E-state index in [0.29, 0.717) is 12.4 Å². The summed E-state index contributed by atoms with van der Waals surface area (Å²) in [5.74, 6) is 1.50. The minimum atomic E-state index is 0.595. The largest absolute Gasteiger partial charge is 0.444 e. The molecule has 96 valence electrons. The van der Waals surface area contributed by atoms with Gasteiger partial charge in [0.15, 0.2) is 0 Å². The van der Waals surface area contributed by atoms with Crippen molar-refractivity contribution < 1.29 is 4.42 Å². The van der Waals surface area contributed by atoms with Crippen LogP contribution in [0, 0.1) is 6.92 Å². The van der Waals surface area contributed by atoms with E-state index in [1.54, 1.807) is 12.5 Å². The van der Waals surface area contributed by atoms with Crippen LogP contribution in [-0.2, 0) is 6.54 Å². The van der Waals surface area contributed by atoms with Crippen LogP contribution in [0.3, 0.4) is 0 Å². The number of rotatable bonds is 4. The summed E-state index contributed by atoms with van der Waals surface area (Å²) < 4.78 is 5.50. The van der Waals surface area contributed by atoms with E-state index in [-0.39, 0.29) is 0 Å². The predicted molar refractivity (Wildman–Crippen MR) is 72.6 cm³/mol. The van der Waals surface area contributed by atoms with Crippen LogP contribution in [-0.4, -0.2) is 15.2 Å². The number of aromatic amines is 1. The summed E-state index contributed by atoms with van der Waals surface area (Å²) in [7, 11) is 0. The molecule has 1 aromatic carbocycles. The third-order valence-corrected chi connectivity index (χ3v) is 2.78. The zero-order valence-corrected chi connectivity index (χ0v) is 10.6. The first-order valence-corrected chi connectivity index (χ1v) is 6.06. The predicted octanol–water partition coefficient (Wildman–Crippen LogP) is 2.99. The molecule has 19 heavy (non-hydrogen) atoms. The molecule has 0 bridgehead atoms. The molecule has 5 nitrogen and oxygen atoms in total. The van der Waals surface area contributed by atoms with Crippen molar-refractivity contribution in [1.82, 2.24) is 15.2 Å². The monoisotopic (exact) mass is 254 g/mol. The van der Waals surface area contributed by atoms with Gasteiger partial charge in [0.25, 0.3) is 0 Å². The van der Waals surface area contributed by atoms with Crippen molar-refractivity contribution in [2.75, 3.05) is 5.32 Å². The Hall–Kier alpha value is -2.56. The zero-order chi connectivity index (χ0) is 13.1. The summed E-state index contributed by atoms with van der Waals surface area (Å²) >= 11 is 0. The van der Waals surface area contributed by atoms with E-state index in [1.807, 2.05) is 31.2 Å². The van der Waals surface area contributed by atoms with Gasteiger partial charge in [-0.05, 0) is 25.1 Å². The average Bonchev–Trinajstić information content (AvgIpc) is 3.08. The molecule has 3 rings (SSSR count). The smallest absolute Gasteiger partial charge is 0.226 e. The lowest BCUT2D eigenvalue weighted by Gasteiger charge is -1.98. The SMILES string of the molecule is Cc1cccc(-c2nc(CNc3ccn[nH]3)co2)c1. The molecule has 0 fully saturated rings. The van der Waals surface area contributed by atoms with Crippen molar-refractivity contribution in [3.05, 3.63) is 54.0 Å². The number of benzene rings is 1. The molecule has 2 N–H and O–H groups in total. The van der Waals surface area contributed by atoms with Gasteiger partial charge in [0.2, 0.25) is 5.89 Å². The zero-order valence-electron chi connectivity index (χ0n) is 10.6. The van der Waals surface area contributed by atoms with Crippen LogP contribution in [0.15, 0.2) is 47.2 Å². The van der Waals surface area contributed by atoms with Gasteiger partial charge in [0.05, 0.1) is 18.4 Å². The first-order chi connectivity index (χ1) is 9.31. The molecule has 0 aliphatic carbocycles.